The fourth-order valence-corrected chi connectivity index (χ4v) is 2.96. The highest BCUT2D eigenvalue weighted by atomic mass is 32.2. The van der Waals surface area contributed by atoms with Crippen LogP contribution in [0, 0.1) is 15.9 Å². The lowest BCUT2D eigenvalue weighted by atomic mass is 10.2. The van der Waals surface area contributed by atoms with E-state index < -0.39 is 21.5 Å². The van der Waals surface area contributed by atoms with E-state index in [2.05, 4.69) is 0 Å². The zero-order valence-corrected chi connectivity index (χ0v) is 11.1. The van der Waals surface area contributed by atoms with Gasteiger partial charge in [-0.15, -0.1) is 0 Å². The Labute approximate surface area is 116 Å². The Kier molecular flexibility index (Phi) is 4.09. The van der Waals surface area contributed by atoms with Gasteiger partial charge in [0.05, 0.1) is 21.5 Å². The van der Waals surface area contributed by atoms with Gasteiger partial charge < -0.3 is 5.73 Å². The van der Waals surface area contributed by atoms with Crippen molar-refractivity contribution in [1.82, 2.24) is 0 Å². The molecule has 0 aromatic heterocycles. The van der Waals surface area contributed by atoms with Crippen LogP contribution in [0.4, 0.5) is 15.8 Å². The number of nitrogens with two attached hydrogens (primary N) is 1. The fourth-order valence-electron chi connectivity index (χ4n) is 1.75. The van der Waals surface area contributed by atoms with Gasteiger partial charge in [0.15, 0.2) is 0 Å². The summed E-state index contributed by atoms with van der Waals surface area (Å²) < 4.78 is 25.4. The number of hydrogen-bond donors (Lipinski definition) is 1. The quantitative estimate of drug-likeness (QED) is 0.533. The van der Waals surface area contributed by atoms with E-state index in [9.17, 15) is 18.7 Å². The number of benzene rings is 2. The first-order valence-electron chi connectivity index (χ1n) is 5.64. The molecule has 0 aliphatic heterocycles. The third kappa shape index (κ3) is 3.18. The lowest BCUT2D eigenvalue weighted by Gasteiger charge is -2.05. The van der Waals surface area contributed by atoms with E-state index in [1.165, 1.54) is 24.3 Å². The topological polar surface area (TPSA) is 86.2 Å². The normalized spacial score (nSPS) is 12.1. The first-order valence-corrected chi connectivity index (χ1v) is 6.96. The summed E-state index contributed by atoms with van der Waals surface area (Å²) in [5, 5.41) is 10.9. The minimum Gasteiger partial charge on any atom is -0.399 e. The smallest absolute Gasteiger partial charge is 0.273 e. The molecule has 2 N–H and O–H groups in total. The van der Waals surface area contributed by atoms with Crippen molar-refractivity contribution in [3.05, 3.63) is 64.0 Å². The number of nitro benzene ring substituents is 1. The van der Waals surface area contributed by atoms with Gasteiger partial charge in [0.2, 0.25) is 0 Å². The average molecular weight is 294 g/mol. The van der Waals surface area contributed by atoms with Crippen molar-refractivity contribution in [2.75, 3.05) is 5.73 Å². The summed E-state index contributed by atoms with van der Waals surface area (Å²) in [6.07, 6.45) is 0. The van der Waals surface area contributed by atoms with Crippen LogP contribution >= 0.6 is 0 Å². The number of nitro groups is 1. The molecule has 0 fully saturated rings. The Balaban J connectivity index is 2.30. The van der Waals surface area contributed by atoms with Crippen LogP contribution in [-0.4, -0.2) is 9.13 Å². The summed E-state index contributed by atoms with van der Waals surface area (Å²) >= 11 is 0. The largest absolute Gasteiger partial charge is 0.399 e. The Morgan fingerprint density at radius 3 is 2.60 bits per heavy atom. The van der Waals surface area contributed by atoms with Gasteiger partial charge in [0.25, 0.3) is 5.69 Å². The van der Waals surface area contributed by atoms with E-state index >= 15 is 0 Å². The van der Waals surface area contributed by atoms with Crippen LogP contribution in [0.15, 0.2) is 47.4 Å². The number of nitrogen functional groups attached to an aromatic ring is 1. The SMILES string of the molecule is Nc1cc(F)cc(S(=O)Cc2ccccc2[N+](=O)[O-])c1. The highest BCUT2D eigenvalue weighted by molar-refractivity contribution is 7.84. The molecule has 1 atom stereocenters. The maximum Gasteiger partial charge on any atom is 0.273 e. The van der Waals surface area contributed by atoms with E-state index in [4.69, 9.17) is 5.73 Å². The maximum absolute atomic E-state index is 13.2. The molecule has 0 heterocycles. The number of nitrogens with zero attached hydrogens (tertiary/aromatic N) is 1. The second kappa shape index (κ2) is 5.79. The lowest BCUT2D eigenvalue weighted by Crippen LogP contribution is -2.02. The molecule has 0 aliphatic rings. The predicted octanol–water partition coefficient (Wildman–Crippen LogP) is 2.62. The van der Waals surface area contributed by atoms with E-state index in [0.717, 1.165) is 12.1 Å². The highest BCUT2D eigenvalue weighted by Crippen LogP contribution is 2.23. The van der Waals surface area contributed by atoms with Crippen molar-refractivity contribution in [3.8, 4) is 0 Å². The molecule has 20 heavy (non-hydrogen) atoms. The molecular formula is C13H11FN2O3S. The Bertz CT molecular complexity index is 671. The Morgan fingerprint density at radius 1 is 1.25 bits per heavy atom. The molecule has 2 aromatic rings. The van der Waals surface area contributed by atoms with Crippen molar-refractivity contribution in [2.45, 2.75) is 10.6 Å². The molecule has 0 amide bonds. The van der Waals surface area contributed by atoms with Gasteiger partial charge in [0, 0.05) is 22.2 Å². The monoisotopic (exact) mass is 294 g/mol. The Morgan fingerprint density at radius 2 is 1.95 bits per heavy atom. The third-order valence-electron chi connectivity index (χ3n) is 2.63. The molecule has 7 heteroatoms. The van der Waals surface area contributed by atoms with Crippen molar-refractivity contribution in [2.24, 2.45) is 0 Å². The summed E-state index contributed by atoms with van der Waals surface area (Å²) in [6, 6.07) is 9.65. The van der Waals surface area contributed by atoms with Crippen LogP contribution in [0.1, 0.15) is 5.56 Å². The van der Waals surface area contributed by atoms with Crippen LogP contribution in [0.25, 0.3) is 0 Å². The molecule has 2 rings (SSSR count). The average Bonchev–Trinajstić information content (AvgIpc) is 2.37. The minimum absolute atomic E-state index is 0.0694. The summed E-state index contributed by atoms with van der Waals surface area (Å²) in [4.78, 5) is 10.5. The van der Waals surface area contributed by atoms with Gasteiger partial charge in [0.1, 0.15) is 5.82 Å². The van der Waals surface area contributed by atoms with Crippen molar-refractivity contribution >= 4 is 22.2 Å². The van der Waals surface area contributed by atoms with E-state index in [0.29, 0.717) is 5.56 Å². The number of hydrogen-bond acceptors (Lipinski definition) is 4. The van der Waals surface area contributed by atoms with Gasteiger partial charge in [-0.25, -0.2) is 4.39 Å². The van der Waals surface area contributed by atoms with Gasteiger partial charge in [-0.1, -0.05) is 18.2 Å². The van der Waals surface area contributed by atoms with Crippen LogP contribution in [0.5, 0.6) is 0 Å². The summed E-state index contributed by atoms with van der Waals surface area (Å²) in [5.41, 5.74) is 5.87. The van der Waals surface area contributed by atoms with Crippen molar-refractivity contribution < 1.29 is 13.5 Å². The van der Waals surface area contributed by atoms with Crippen LogP contribution in [-0.2, 0) is 16.6 Å². The van der Waals surface area contributed by atoms with Crippen molar-refractivity contribution in [1.29, 1.82) is 0 Å². The number of anilines is 1. The van der Waals surface area contributed by atoms with Crippen LogP contribution < -0.4 is 5.73 Å². The maximum atomic E-state index is 13.2. The van der Waals surface area contributed by atoms with Crippen LogP contribution in [0.3, 0.4) is 0 Å². The van der Waals surface area contributed by atoms with Gasteiger partial charge in [-0.05, 0) is 18.2 Å². The number of halogens is 1. The van der Waals surface area contributed by atoms with E-state index in [1.54, 1.807) is 6.07 Å². The molecule has 1 unspecified atom stereocenters. The Hall–Kier alpha value is -2.28. The molecule has 0 radical (unpaired) electrons. The van der Waals surface area contributed by atoms with Gasteiger partial charge in [-0.3, -0.25) is 14.3 Å². The number of rotatable bonds is 4. The molecule has 2 aromatic carbocycles. The molecule has 0 aliphatic carbocycles. The molecular weight excluding hydrogens is 283 g/mol. The van der Waals surface area contributed by atoms with Crippen LogP contribution in [0.2, 0.25) is 0 Å². The second-order valence-corrected chi connectivity index (χ2v) is 5.55. The third-order valence-corrected chi connectivity index (χ3v) is 3.97. The molecule has 0 bridgehead atoms. The predicted molar refractivity (Wildman–Crippen MR) is 74.0 cm³/mol. The standard InChI is InChI=1S/C13H11FN2O3S/c14-10-5-11(15)7-12(6-10)20(19)8-9-3-1-2-4-13(9)16(17)18/h1-7H,8,15H2. The first kappa shape index (κ1) is 14.1. The minimum atomic E-state index is -1.61. The summed E-state index contributed by atoms with van der Waals surface area (Å²) in [5.74, 6) is -0.657. The fraction of sp³-hybridized carbons (Fsp3) is 0.0769. The molecule has 0 saturated carbocycles. The highest BCUT2D eigenvalue weighted by Gasteiger charge is 2.16. The molecule has 0 spiro atoms. The second-order valence-electron chi connectivity index (χ2n) is 4.10. The zero-order valence-electron chi connectivity index (χ0n) is 10.3. The van der Waals surface area contributed by atoms with Gasteiger partial charge in [-0.2, -0.15) is 0 Å². The molecule has 5 nitrogen and oxygen atoms in total. The van der Waals surface area contributed by atoms with Gasteiger partial charge >= 0.3 is 0 Å². The van der Waals surface area contributed by atoms with Crippen molar-refractivity contribution in [3.63, 3.8) is 0 Å². The number of para-hydroxylation sites is 1. The molecule has 104 valence electrons. The summed E-state index contributed by atoms with van der Waals surface area (Å²) in [6.45, 7) is 0. The molecule has 0 saturated heterocycles. The lowest BCUT2D eigenvalue weighted by molar-refractivity contribution is -0.385. The first-order chi connectivity index (χ1) is 9.47. The van der Waals surface area contributed by atoms with E-state index in [1.807, 2.05) is 0 Å². The summed E-state index contributed by atoms with van der Waals surface area (Å²) in [7, 11) is -1.61. The van der Waals surface area contributed by atoms with E-state index in [-0.39, 0.29) is 22.0 Å². The zero-order chi connectivity index (χ0) is 14.7.